The van der Waals surface area contributed by atoms with Gasteiger partial charge in [0, 0.05) is 24.2 Å². The number of likely N-dealkylation sites (tertiary alicyclic amines) is 1. The van der Waals surface area contributed by atoms with Gasteiger partial charge in [0.25, 0.3) is 0 Å². The Morgan fingerprint density at radius 1 is 1.06 bits per heavy atom. The van der Waals surface area contributed by atoms with Gasteiger partial charge >= 0.3 is 0 Å². The molecule has 1 saturated carbocycles. The Labute approximate surface area is 217 Å². The average molecular weight is 538 g/mol. The van der Waals surface area contributed by atoms with Crippen molar-refractivity contribution in [1.29, 1.82) is 0 Å². The number of piperidine rings is 1. The fourth-order valence-electron chi connectivity index (χ4n) is 5.99. The molecule has 0 atom stereocenters. The molecule has 1 aromatic carbocycles. The Bertz CT molecular complexity index is 697. The number of rotatable bonds is 13. The summed E-state index contributed by atoms with van der Waals surface area (Å²) < 4.78 is 12.4. The van der Waals surface area contributed by atoms with Crippen LogP contribution in [0.1, 0.15) is 77.7 Å². The maximum atomic E-state index is 5.91. The number of ether oxygens (including phenoxy) is 2. The molecule has 1 aromatic rings. The predicted octanol–water partition coefficient (Wildman–Crippen LogP) is 6.80. The highest BCUT2D eigenvalue weighted by molar-refractivity contribution is 9.10. The van der Waals surface area contributed by atoms with E-state index < -0.39 is 0 Å². The molecule has 0 N–H and O–H groups in total. The average Bonchev–Trinajstić information content (AvgIpc) is 2.83. The molecule has 5 heteroatoms. The van der Waals surface area contributed by atoms with Crippen LogP contribution in [0.5, 0.6) is 5.75 Å². The lowest BCUT2D eigenvalue weighted by Gasteiger charge is -2.37. The van der Waals surface area contributed by atoms with Gasteiger partial charge in [0.2, 0.25) is 0 Å². The van der Waals surface area contributed by atoms with Gasteiger partial charge in [-0.2, -0.15) is 0 Å². The molecular formula is C29H49BrN2O2. The largest absolute Gasteiger partial charge is 0.491 e. The second-order valence-corrected chi connectivity index (χ2v) is 11.7. The lowest BCUT2D eigenvalue weighted by Crippen LogP contribution is -2.40. The van der Waals surface area contributed by atoms with Gasteiger partial charge < -0.3 is 14.4 Å². The van der Waals surface area contributed by atoms with E-state index in [1.54, 1.807) is 0 Å². The van der Waals surface area contributed by atoms with Crippen molar-refractivity contribution in [2.75, 3.05) is 46.4 Å². The van der Waals surface area contributed by atoms with Crippen LogP contribution in [0.3, 0.4) is 0 Å². The Morgan fingerprint density at radius 3 is 2.44 bits per heavy atom. The van der Waals surface area contributed by atoms with Crippen molar-refractivity contribution in [3.05, 3.63) is 28.2 Å². The van der Waals surface area contributed by atoms with Crippen LogP contribution in [0.25, 0.3) is 0 Å². The fraction of sp³-hybridized carbons (Fsp3) is 0.793. The molecule has 1 aliphatic carbocycles. The summed E-state index contributed by atoms with van der Waals surface area (Å²) in [6, 6.07) is 7.25. The Hall–Kier alpha value is -0.620. The van der Waals surface area contributed by atoms with Gasteiger partial charge in [-0.1, -0.05) is 22.9 Å². The van der Waals surface area contributed by atoms with Crippen LogP contribution in [-0.4, -0.2) is 68.4 Å². The number of nitrogens with zero attached hydrogens (tertiary/aromatic N) is 2. The van der Waals surface area contributed by atoms with Crippen molar-refractivity contribution >= 4 is 15.9 Å². The van der Waals surface area contributed by atoms with Gasteiger partial charge in [-0.15, -0.1) is 0 Å². The Balaban J connectivity index is 1.31. The minimum Gasteiger partial charge on any atom is -0.491 e. The van der Waals surface area contributed by atoms with E-state index in [0.29, 0.717) is 0 Å². The molecule has 0 spiro atoms. The summed E-state index contributed by atoms with van der Waals surface area (Å²) in [5.41, 5.74) is 1.40. The summed E-state index contributed by atoms with van der Waals surface area (Å²) in [5, 5.41) is 0. The minimum absolute atomic E-state index is 0.222. The zero-order valence-corrected chi connectivity index (χ0v) is 23.8. The van der Waals surface area contributed by atoms with Crippen molar-refractivity contribution in [2.24, 2.45) is 11.8 Å². The zero-order chi connectivity index (χ0) is 24.3. The van der Waals surface area contributed by atoms with E-state index in [0.717, 1.165) is 49.7 Å². The Morgan fingerprint density at radius 2 is 1.79 bits per heavy atom. The van der Waals surface area contributed by atoms with Crippen LogP contribution in [0.4, 0.5) is 0 Å². The summed E-state index contributed by atoms with van der Waals surface area (Å²) in [4.78, 5) is 5.36. The van der Waals surface area contributed by atoms with Crippen LogP contribution >= 0.6 is 15.9 Å². The van der Waals surface area contributed by atoms with Crippen molar-refractivity contribution in [1.82, 2.24) is 9.80 Å². The maximum Gasteiger partial charge on any atom is 0.120 e. The third-order valence-electron chi connectivity index (χ3n) is 8.01. The standard InChI is InChI=1S/C29H49BrN2O2/c1-5-32(19-20-33-4)27-10-8-24(9-11-27)7-6-16-31-17-14-25(15-18-31)21-26-22-28(34-23(2)3)12-13-29(26)30/h12-13,22-25,27H,5-11,14-21H2,1-4H3/t24-,27-. The normalized spacial score (nSPS) is 22.6. The third kappa shape index (κ3) is 9.11. The summed E-state index contributed by atoms with van der Waals surface area (Å²) >= 11 is 3.76. The first-order chi connectivity index (χ1) is 16.5. The molecule has 1 saturated heterocycles. The second kappa shape index (κ2) is 14.8. The van der Waals surface area contributed by atoms with Gasteiger partial charge in [0.15, 0.2) is 0 Å². The van der Waals surface area contributed by atoms with Gasteiger partial charge in [-0.3, -0.25) is 4.90 Å². The highest BCUT2D eigenvalue weighted by Crippen LogP contribution is 2.32. The van der Waals surface area contributed by atoms with Gasteiger partial charge in [0.05, 0.1) is 12.7 Å². The summed E-state index contributed by atoms with van der Waals surface area (Å²) in [6.07, 6.45) is 12.4. The molecular weight excluding hydrogens is 488 g/mol. The van der Waals surface area contributed by atoms with E-state index in [1.165, 1.54) is 81.0 Å². The van der Waals surface area contributed by atoms with Crippen LogP contribution < -0.4 is 4.74 Å². The number of likely N-dealkylation sites (N-methyl/N-ethyl adjacent to an activating group) is 1. The van der Waals surface area contributed by atoms with E-state index in [4.69, 9.17) is 9.47 Å². The molecule has 34 heavy (non-hydrogen) atoms. The van der Waals surface area contributed by atoms with E-state index >= 15 is 0 Å². The van der Waals surface area contributed by atoms with Crippen LogP contribution in [-0.2, 0) is 11.2 Å². The smallest absolute Gasteiger partial charge is 0.120 e. The first-order valence-corrected chi connectivity index (χ1v) is 14.7. The summed E-state index contributed by atoms with van der Waals surface area (Å²) in [5.74, 6) is 2.74. The second-order valence-electron chi connectivity index (χ2n) is 10.8. The number of hydrogen-bond acceptors (Lipinski definition) is 4. The first-order valence-electron chi connectivity index (χ1n) is 13.9. The molecule has 194 valence electrons. The molecule has 1 aliphatic heterocycles. The highest BCUT2D eigenvalue weighted by atomic mass is 79.9. The third-order valence-corrected chi connectivity index (χ3v) is 8.79. The molecule has 1 heterocycles. The molecule has 0 bridgehead atoms. The minimum atomic E-state index is 0.222. The van der Waals surface area contributed by atoms with Crippen molar-refractivity contribution in [2.45, 2.75) is 90.7 Å². The lowest BCUT2D eigenvalue weighted by molar-refractivity contribution is 0.0947. The first kappa shape index (κ1) is 28.0. The zero-order valence-electron chi connectivity index (χ0n) is 22.2. The summed E-state index contributed by atoms with van der Waals surface area (Å²) in [6.45, 7) is 13.4. The van der Waals surface area contributed by atoms with Crippen LogP contribution in [0, 0.1) is 11.8 Å². The highest BCUT2D eigenvalue weighted by Gasteiger charge is 2.25. The fourth-order valence-corrected chi connectivity index (χ4v) is 6.40. The van der Waals surface area contributed by atoms with Gasteiger partial charge in [-0.05, 0) is 133 Å². The molecule has 0 radical (unpaired) electrons. The monoisotopic (exact) mass is 536 g/mol. The van der Waals surface area contributed by atoms with E-state index in [2.05, 4.69) is 64.7 Å². The molecule has 2 aliphatic rings. The maximum absolute atomic E-state index is 5.91. The SMILES string of the molecule is CCN(CCOC)[C@H]1CC[C@H](CCCN2CCC(Cc3cc(OC(C)C)ccc3Br)CC2)CC1. The van der Waals surface area contributed by atoms with Crippen molar-refractivity contribution in [3.8, 4) is 5.75 Å². The van der Waals surface area contributed by atoms with E-state index in [1.807, 2.05) is 7.11 Å². The molecule has 2 fully saturated rings. The van der Waals surface area contributed by atoms with Gasteiger partial charge in [0.1, 0.15) is 5.75 Å². The number of halogens is 1. The predicted molar refractivity (Wildman–Crippen MR) is 147 cm³/mol. The lowest BCUT2D eigenvalue weighted by atomic mass is 9.82. The summed E-state index contributed by atoms with van der Waals surface area (Å²) in [7, 11) is 1.81. The van der Waals surface area contributed by atoms with E-state index in [-0.39, 0.29) is 6.10 Å². The topological polar surface area (TPSA) is 24.9 Å². The van der Waals surface area contributed by atoms with Crippen molar-refractivity contribution in [3.63, 3.8) is 0 Å². The number of benzene rings is 1. The van der Waals surface area contributed by atoms with Gasteiger partial charge in [-0.25, -0.2) is 0 Å². The molecule has 0 amide bonds. The van der Waals surface area contributed by atoms with Crippen LogP contribution in [0.15, 0.2) is 22.7 Å². The quantitative estimate of drug-likeness (QED) is 0.276. The van der Waals surface area contributed by atoms with Crippen molar-refractivity contribution < 1.29 is 9.47 Å². The Kier molecular flexibility index (Phi) is 12.2. The number of methoxy groups -OCH3 is 1. The molecule has 0 unspecified atom stereocenters. The molecule has 4 nitrogen and oxygen atoms in total. The molecule has 0 aromatic heterocycles. The van der Waals surface area contributed by atoms with Crippen LogP contribution in [0.2, 0.25) is 0 Å². The van der Waals surface area contributed by atoms with E-state index in [9.17, 15) is 0 Å². The molecule has 3 rings (SSSR count). The number of hydrogen-bond donors (Lipinski definition) is 0.